The lowest BCUT2D eigenvalue weighted by Gasteiger charge is -2.38. The first kappa shape index (κ1) is 28.2. The number of carbonyl (C=O) groups excluding carboxylic acids is 3. The molecule has 1 aliphatic heterocycles. The number of carbonyl (C=O) groups is 3. The summed E-state index contributed by atoms with van der Waals surface area (Å²) in [6, 6.07) is 5.87. The van der Waals surface area contributed by atoms with E-state index in [1.165, 1.54) is 17.8 Å². The summed E-state index contributed by atoms with van der Waals surface area (Å²) in [4.78, 5) is 38.9. The lowest BCUT2D eigenvalue weighted by molar-refractivity contribution is -0.143. The Kier molecular flexibility index (Phi) is 9.85. The molecular formula is C28H35FN4O4S. The van der Waals surface area contributed by atoms with Crippen LogP contribution in [-0.4, -0.2) is 61.7 Å². The molecule has 0 amide bonds. The third-order valence-corrected chi connectivity index (χ3v) is 7.97. The van der Waals surface area contributed by atoms with E-state index in [4.69, 9.17) is 4.74 Å². The van der Waals surface area contributed by atoms with Gasteiger partial charge in [-0.2, -0.15) is 0 Å². The average molecular weight is 543 g/mol. The van der Waals surface area contributed by atoms with E-state index in [0.29, 0.717) is 56.8 Å². The van der Waals surface area contributed by atoms with Crippen LogP contribution in [-0.2, 0) is 25.7 Å². The number of benzene rings is 1. The standard InChI is InChI=1S/C28H35FN4O4S/c1-3-37-26(35)10-6-7-14-33-18-22(30-31-33)16-21-17-32(15-13-25(21)38-19(2)34)27(28(36)20-11-12-20)23-8-4-5-9-24(23)29/h4-5,8-9,16,18,20,25,27H,3,6-7,10-15,17H2,1-2H3/b21-16-. The highest BCUT2D eigenvalue weighted by molar-refractivity contribution is 8.14. The predicted octanol–water partition coefficient (Wildman–Crippen LogP) is 4.61. The zero-order valence-electron chi connectivity index (χ0n) is 22.0. The quantitative estimate of drug-likeness (QED) is 0.284. The Morgan fingerprint density at radius 1 is 1.21 bits per heavy atom. The fourth-order valence-electron chi connectivity index (χ4n) is 4.85. The molecule has 10 heteroatoms. The van der Waals surface area contributed by atoms with Gasteiger partial charge >= 0.3 is 5.97 Å². The summed E-state index contributed by atoms with van der Waals surface area (Å²) in [6.45, 7) is 5.38. The molecule has 2 unspecified atom stereocenters. The number of piperidine rings is 1. The molecular weight excluding hydrogens is 507 g/mol. The van der Waals surface area contributed by atoms with E-state index in [-0.39, 0.29) is 33.9 Å². The van der Waals surface area contributed by atoms with Crippen LogP contribution in [0.2, 0.25) is 0 Å². The molecule has 8 nitrogen and oxygen atoms in total. The van der Waals surface area contributed by atoms with Crippen LogP contribution in [0, 0.1) is 11.7 Å². The number of halogens is 1. The summed E-state index contributed by atoms with van der Waals surface area (Å²) in [5.41, 5.74) is 2.04. The molecule has 1 saturated carbocycles. The van der Waals surface area contributed by atoms with Crippen molar-refractivity contribution in [1.82, 2.24) is 19.9 Å². The first-order chi connectivity index (χ1) is 18.4. The summed E-state index contributed by atoms with van der Waals surface area (Å²) in [7, 11) is 0. The average Bonchev–Trinajstić information content (AvgIpc) is 3.64. The Balaban J connectivity index is 1.50. The second kappa shape index (κ2) is 13.3. The van der Waals surface area contributed by atoms with Crippen molar-refractivity contribution in [2.24, 2.45) is 5.92 Å². The van der Waals surface area contributed by atoms with E-state index in [1.807, 2.05) is 17.2 Å². The van der Waals surface area contributed by atoms with Gasteiger partial charge in [0, 0.05) is 49.7 Å². The predicted molar refractivity (Wildman–Crippen MR) is 144 cm³/mol. The monoisotopic (exact) mass is 542 g/mol. The van der Waals surface area contributed by atoms with Crippen molar-refractivity contribution < 1.29 is 23.5 Å². The van der Waals surface area contributed by atoms with Crippen LogP contribution in [0.5, 0.6) is 0 Å². The summed E-state index contributed by atoms with van der Waals surface area (Å²) in [5.74, 6) is -0.509. The number of hydrogen-bond donors (Lipinski definition) is 0. The van der Waals surface area contributed by atoms with Gasteiger partial charge in [-0.3, -0.25) is 24.0 Å². The smallest absolute Gasteiger partial charge is 0.305 e. The van der Waals surface area contributed by atoms with E-state index in [2.05, 4.69) is 10.3 Å². The molecule has 2 heterocycles. The maximum absolute atomic E-state index is 14.9. The third-order valence-electron chi connectivity index (χ3n) is 6.81. The maximum Gasteiger partial charge on any atom is 0.305 e. The van der Waals surface area contributed by atoms with E-state index >= 15 is 0 Å². The number of Topliss-reactive ketones (excluding diaryl/α,β-unsaturated/α-hetero) is 1. The van der Waals surface area contributed by atoms with Gasteiger partial charge < -0.3 is 4.74 Å². The highest BCUT2D eigenvalue weighted by Gasteiger charge is 2.41. The van der Waals surface area contributed by atoms with E-state index < -0.39 is 6.04 Å². The zero-order chi connectivity index (χ0) is 27.1. The lowest BCUT2D eigenvalue weighted by Crippen LogP contribution is -2.43. The minimum Gasteiger partial charge on any atom is -0.466 e. The number of unbranched alkanes of at least 4 members (excludes halogenated alkanes) is 1. The number of thioether (sulfide) groups is 1. The summed E-state index contributed by atoms with van der Waals surface area (Å²) < 4.78 is 21.6. The van der Waals surface area contributed by atoms with Crippen LogP contribution in [0.4, 0.5) is 4.39 Å². The van der Waals surface area contributed by atoms with Crippen molar-refractivity contribution in [2.45, 2.75) is 70.2 Å². The van der Waals surface area contributed by atoms with Gasteiger partial charge in [-0.15, -0.1) is 5.10 Å². The van der Waals surface area contributed by atoms with Crippen molar-refractivity contribution in [2.75, 3.05) is 19.7 Å². The topological polar surface area (TPSA) is 94.4 Å². The number of esters is 1. The number of aryl methyl sites for hydroxylation is 1. The van der Waals surface area contributed by atoms with Gasteiger partial charge in [0.25, 0.3) is 0 Å². The number of ketones is 1. The molecule has 0 spiro atoms. The van der Waals surface area contributed by atoms with Crippen LogP contribution >= 0.6 is 11.8 Å². The highest BCUT2D eigenvalue weighted by atomic mass is 32.2. The van der Waals surface area contributed by atoms with Gasteiger partial charge in [-0.05, 0) is 56.7 Å². The Bertz CT molecular complexity index is 1180. The molecule has 2 aromatic rings. The molecule has 38 heavy (non-hydrogen) atoms. The van der Waals surface area contributed by atoms with Gasteiger partial charge in [-0.1, -0.05) is 35.2 Å². The molecule has 2 aliphatic rings. The molecule has 2 fully saturated rings. The van der Waals surface area contributed by atoms with E-state index in [9.17, 15) is 18.8 Å². The van der Waals surface area contributed by atoms with Crippen molar-refractivity contribution in [3.63, 3.8) is 0 Å². The first-order valence-corrected chi connectivity index (χ1v) is 14.2. The van der Waals surface area contributed by atoms with Crippen molar-refractivity contribution in [1.29, 1.82) is 0 Å². The highest BCUT2D eigenvalue weighted by Crippen LogP contribution is 2.40. The Hall–Kier alpha value is -2.85. The molecule has 0 radical (unpaired) electrons. The van der Waals surface area contributed by atoms with E-state index in [0.717, 1.165) is 24.8 Å². The minimum atomic E-state index is -0.648. The minimum absolute atomic E-state index is 0.0138. The largest absolute Gasteiger partial charge is 0.466 e. The van der Waals surface area contributed by atoms with Gasteiger partial charge in [0.15, 0.2) is 10.9 Å². The molecule has 0 N–H and O–H groups in total. The summed E-state index contributed by atoms with van der Waals surface area (Å²) in [5, 5.41) is 8.48. The van der Waals surface area contributed by atoms with Crippen molar-refractivity contribution >= 4 is 34.7 Å². The molecule has 1 aromatic heterocycles. The number of rotatable bonds is 12. The van der Waals surface area contributed by atoms with Gasteiger partial charge in [0.05, 0.1) is 18.8 Å². The lowest BCUT2D eigenvalue weighted by atomic mass is 9.93. The van der Waals surface area contributed by atoms with Crippen LogP contribution < -0.4 is 0 Å². The number of ether oxygens (including phenoxy) is 1. The molecule has 204 valence electrons. The molecule has 2 atom stereocenters. The van der Waals surface area contributed by atoms with E-state index in [1.54, 1.807) is 36.7 Å². The van der Waals surface area contributed by atoms with Crippen molar-refractivity contribution in [3.8, 4) is 0 Å². The SMILES string of the molecule is CCOC(=O)CCCCn1cc(/C=C2/CN(C(C(=O)C3CC3)c3ccccc3F)CCC2SC(C)=O)nn1. The number of hydrogen-bond acceptors (Lipinski definition) is 8. The Morgan fingerprint density at radius 3 is 2.71 bits per heavy atom. The molecule has 1 aromatic carbocycles. The Labute approximate surface area is 227 Å². The van der Waals surface area contributed by atoms with Crippen LogP contribution in [0.3, 0.4) is 0 Å². The number of aromatic nitrogens is 3. The normalized spacial score (nSPS) is 19.9. The molecule has 1 saturated heterocycles. The van der Waals surface area contributed by atoms with Crippen LogP contribution in [0.1, 0.15) is 69.7 Å². The van der Waals surface area contributed by atoms with Crippen LogP contribution in [0.25, 0.3) is 6.08 Å². The fourth-order valence-corrected chi connectivity index (χ4v) is 5.77. The number of likely N-dealkylation sites (tertiary alicyclic amines) is 1. The van der Waals surface area contributed by atoms with Crippen LogP contribution in [0.15, 0.2) is 36.0 Å². The molecule has 1 aliphatic carbocycles. The number of nitrogens with zero attached hydrogens (tertiary/aromatic N) is 4. The zero-order valence-corrected chi connectivity index (χ0v) is 22.8. The second-order valence-electron chi connectivity index (χ2n) is 9.85. The Morgan fingerprint density at radius 2 is 2.00 bits per heavy atom. The molecule has 4 rings (SSSR count). The van der Waals surface area contributed by atoms with Crippen molar-refractivity contribution in [3.05, 3.63) is 53.1 Å². The first-order valence-electron chi connectivity index (χ1n) is 13.3. The molecule has 0 bridgehead atoms. The fraction of sp³-hybridized carbons (Fsp3) is 0.536. The van der Waals surface area contributed by atoms with Gasteiger partial charge in [0.1, 0.15) is 11.5 Å². The summed E-state index contributed by atoms with van der Waals surface area (Å²) >= 11 is 1.28. The third kappa shape index (κ3) is 7.60. The van der Waals surface area contributed by atoms with Gasteiger partial charge in [-0.25, -0.2) is 4.39 Å². The maximum atomic E-state index is 14.9. The summed E-state index contributed by atoms with van der Waals surface area (Å²) in [6.07, 6.45) is 8.00. The van der Waals surface area contributed by atoms with Gasteiger partial charge in [0.2, 0.25) is 0 Å². The second-order valence-corrected chi connectivity index (χ2v) is 11.2.